The first-order valence-corrected chi connectivity index (χ1v) is 11.6. The molecule has 7 heteroatoms. The molecule has 0 N–H and O–H groups in total. The van der Waals surface area contributed by atoms with Crippen LogP contribution in [0.4, 0.5) is 11.6 Å². The van der Waals surface area contributed by atoms with Crippen molar-refractivity contribution in [3.63, 3.8) is 0 Å². The Balaban J connectivity index is 1.22. The summed E-state index contributed by atoms with van der Waals surface area (Å²) in [6.07, 6.45) is 2.97. The van der Waals surface area contributed by atoms with Gasteiger partial charge in [0.2, 0.25) is 5.95 Å². The lowest BCUT2D eigenvalue weighted by Gasteiger charge is -2.37. The molecule has 3 aromatic rings. The van der Waals surface area contributed by atoms with E-state index in [1.807, 2.05) is 30.5 Å². The number of para-hydroxylation sites is 3. The molecule has 1 fully saturated rings. The number of nitrogens with zero attached hydrogens (tertiary/aromatic N) is 5. The second-order valence-corrected chi connectivity index (χ2v) is 8.56. The Kier molecular flexibility index (Phi) is 6.30. The SMILES string of the molecule is COc1ccccc1CN1CCc2nc(N3CCN(c4ccccc4OC)CC3)ncc2C1. The largest absolute Gasteiger partial charge is 0.496 e. The molecule has 172 valence electrons. The van der Waals surface area contributed by atoms with Crippen LogP contribution in [-0.2, 0) is 19.5 Å². The maximum absolute atomic E-state index is 5.54. The summed E-state index contributed by atoms with van der Waals surface area (Å²) in [5, 5.41) is 0. The Morgan fingerprint density at radius 3 is 2.30 bits per heavy atom. The second-order valence-electron chi connectivity index (χ2n) is 8.56. The molecule has 2 aliphatic rings. The van der Waals surface area contributed by atoms with Gasteiger partial charge in [-0.2, -0.15) is 0 Å². The topological polar surface area (TPSA) is 54.0 Å². The zero-order valence-electron chi connectivity index (χ0n) is 19.4. The van der Waals surface area contributed by atoms with Crippen LogP contribution in [0.2, 0.25) is 0 Å². The van der Waals surface area contributed by atoms with E-state index < -0.39 is 0 Å². The minimum Gasteiger partial charge on any atom is -0.496 e. The maximum Gasteiger partial charge on any atom is 0.225 e. The molecule has 0 radical (unpaired) electrons. The molecule has 3 heterocycles. The van der Waals surface area contributed by atoms with Crippen LogP contribution in [-0.4, -0.2) is 61.8 Å². The van der Waals surface area contributed by atoms with Crippen molar-refractivity contribution in [1.82, 2.24) is 14.9 Å². The van der Waals surface area contributed by atoms with Gasteiger partial charge in [-0.15, -0.1) is 0 Å². The summed E-state index contributed by atoms with van der Waals surface area (Å²) in [4.78, 5) is 16.8. The van der Waals surface area contributed by atoms with E-state index in [0.29, 0.717) is 0 Å². The van der Waals surface area contributed by atoms with E-state index >= 15 is 0 Å². The minimum atomic E-state index is 0.853. The van der Waals surface area contributed by atoms with Crippen LogP contribution in [0.25, 0.3) is 0 Å². The third-order valence-electron chi connectivity index (χ3n) is 6.58. The maximum atomic E-state index is 5.54. The normalized spacial score (nSPS) is 16.4. The summed E-state index contributed by atoms with van der Waals surface area (Å²) in [5.74, 6) is 2.72. The van der Waals surface area contributed by atoms with Crippen LogP contribution in [0.3, 0.4) is 0 Å². The highest BCUT2D eigenvalue weighted by molar-refractivity contribution is 5.59. The monoisotopic (exact) mass is 445 g/mol. The number of anilines is 2. The molecule has 0 bridgehead atoms. The molecule has 0 amide bonds. The Morgan fingerprint density at radius 2 is 1.52 bits per heavy atom. The zero-order chi connectivity index (χ0) is 22.6. The molecule has 1 saturated heterocycles. The number of aromatic nitrogens is 2. The number of hydrogen-bond donors (Lipinski definition) is 0. The lowest BCUT2D eigenvalue weighted by molar-refractivity contribution is 0.239. The lowest BCUT2D eigenvalue weighted by atomic mass is 10.1. The van der Waals surface area contributed by atoms with Gasteiger partial charge in [0.15, 0.2) is 0 Å². The second kappa shape index (κ2) is 9.67. The first-order valence-electron chi connectivity index (χ1n) is 11.6. The summed E-state index contributed by atoms with van der Waals surface area (Å²) in [6, 6.07) is 16.5. The standard InChI is InChI=1S/C26H31N5O2/c1-32-24-9-5-3-7-20(24)18-29-12-11-22-21(19-29)17-27-26(28-22)31-15-13-30(14-16-31)23-8-4-6-10-25(23)33-2/h3-10,17H,11-16,18-19H2,1-2H3. The molecule has 0 saturated carbocycles. The smallest absolute Gasteiger partial charge is 0.225 e. The third-order valence-corrected chi connectivity index (χ3v) is 6.58. The molecule has 2 aliphatic heterocycles. The summed E-state index contributed by atoms with van der Waals surface area (Å²) >= 11 is 0. The van der Waals surface area contributed by atoms with E-state index in [1.165, 1.54) is 16.8 Å². The fourth-order valence-corrected chi connectivity index (χ4v) is 4.76. The van der Waals surface area contributed by atoms with Gasteiger partial charge >= 0.3 is 0 Å². The van der Waals surface area contributed by atoms with Gasteiger partial charge in [-0.25, -0.2) is 9.97 Å². The Bertz CT molecular complexity index is 1100. The fraction of sp³-hybridized carbons (Fsp3) is 0.385. The quantitative estimate of drug-likeness (QED) is 0.577. The Hall–Kier alpha value is -3.32. The average molecular weight is 446 g/mol. The molecule has 0 aliphatic carbocycles. The average Bonchev–Trinajstić information content (AvgIpc) is 2.89. The zero-order valence-corrected chi connectivity index (χ0v) is 19.4. The molecule has 7 nitrogen and oxygen atoms in total. The van der Waals surface area contributed by atoms with Crippen molar-refractivity contribution in [2.45, 2.75) is 19.5 Å². The van der Waals surface area contributed by atoms with E-state index in [2.05, 4.69) is 39.0 Å². The molecule has 0 spiro atoms. The van der Waals surface area contributed by atoms with Crippen LogP contribution in [0.1, 0.15) is 16.8 Å². The number of piperazine rings is 1. The van der Waals surface area contributed by atoms with Gasteiger partial charge in [0.05, 0.1) is 25.6 Å². The first kappa shape index (κ1) is 21.5. The van der Waals surface area contributed by atoms with E-state index in [0.717, 1.165) is 75.4 Å². The number of benzene rings is 2. The van der Waals surface area contributed by atoms with Crippen molar-refractivity contribution < 1.29 is 9.47 Å². The van der Waals surface area contributed by atoms with Gasteiger partial charge in [0.1, 0.15) is 11.5 Å². The number of hydrogen-bond acceptors (Lipinski definition) is 7. The van der Waals surface area contributed by atoms with Crippen molar-refractivity contribution in [2.24, 2.45) is 0 Å². The lowest BCUT2D eigenvalue weighted by Crippen LogP contribution is -2.47. The minimum absolute atomic E-state index is 0.853. The fourth-order valence-electron chi connectivity index (χ4n) is 4.76. The van der Waals surface area contributed by atoms with E-state index in [9.17, 15) is 0 Å². The van der Waals surface area contributed by atoms with E-state index in [1.54, 1.807) is 14.2 Å². The van der Waals surface area contributed by atoms with Gasteiger partial charge in [-0.3, -0.25) is 4.90 Å². The van der Waals surface area contributed by atoms with Crippen molar-refractivity contribution in [3.05, 3.63) is 71.5 Å². The van der Waals surface area contributed by atoms with Crippen molar-refractivity contribution in [1.29, 1.82) is 0 Å². The highest BCUT2D eigenvalue weighted by Crippen LogP contribution is 2.29. The number of ether oxygens (including phenoxy) is 2. The molecule has 2 aromatic carbocycles. The van der Waals surface area contributed by atoms with Crippen LogP contribution in [0.5, 0.6) is 11.5 Å². The molecule has 33 heavy (non-hydrogen) atoms. The van der Waals surface area contributed by atoms with Crippen molar-refractivity contribution >= 4 is 11.6 Å². The van der Waals surface area contributed by atoms with Crippen LogP contribution >= 0.6 is 0 Å². The highest BCUT2D eigenvalue weighted by Gasteiger charge is 2.24. The Morgan fingerprint density at radius 1 is 0.818 bits per heavy atom. The first-order chi connectivity index (χ1) is 16.2. The van der Waals surface area contributed by atoms with Crippen molar-refractivity contribution in [3.8, 4) is 11.5 Å². The number of methoxy groups -OCH3 is 2. The van der Waals surface area contributed by atoms with Gasteiger partial charge < -0.3 is 19.3 Å². The molecule has 0 unspecified atom stereocenters. The summed E-state index contributed by atoms with van der Waals surface area (Å²) in [5.41, 5.74) is 4.78. The van der Waals surface area contributed by atoms with E-state index in [4.69, 9.17) is 19.4 Å². The van der Waals surface area contributed by atoms with Crippen LogP contribution in [0, 0.1) is 0 Å². The molecule has 1 aromatic heterocycles. The molecule has 0 atom stereocenters. The van der Waals surface area contributed by atoms with Crippen LogP contribution in [0.15, 0.2) is 54.7 Å². The van der Waals surface area contributed by atoms with Gasteiger partial charge in [-0.05, 0) is 18.2 Å². The summed E-state index contributed by atoms with van der Waals surface area (Å²) in [6.45, 7) is 6.38. The Labute approximate surface area is 195 Å². The van der Waals surface area contributed by atoms with Gasteiger partial charge in [0, 0.05) is 69.6 Å². The van der Waals surface area contributed by atoms with Crippen LogP contribution < -0.4 is 19.3 Å². The van der Waals surface area contributed by atoms with E-state index in [-0.39, 0.29) is 0 Å². The van der Waals surface area contributed by atoms with Gasteiger partial charge in [-0.1, -0.05) is 30.3 Å². The summed E-state index contributed by atoms with van der Waals surface area (Å²) in [7, 11) is 3.46. The molecular weight excluding hydrogens is 414 g/mol. The van der Waals surface area contributed by atoms with Crippen molar-refractivity contribution in [2.75, 3.05) is 56.7 Å². The third kappa shape index (κ3) is 4.59. The highest BCUT2D eigenvalue weighted by atomic mass is 16.5. The predicted octanol–water partition coefficient (Wildman–Crippen LogP) is 3.38. The predicted molar refractivity (Wildman–Crippen MR) is 130 cm³/mol. The number of fused-ring (bicyclic) bond motifs is 1. The number of rotatable bonds is 6. The molecule has 5 rings (SSSR count). The van der Waals surface area contributed by atoms with Gasteiger partial charge in [0.25, 0.3) is 0 Å². The molecular formula is C26H31N5O2. The summed E-state index contributed by atoms with van der Waals surface area (Å²) < 4.78 is 11.1.